The fraction of sp³-hybridized carbons (Fsp3) is 0.214. The minimum atomic E-state index is 0.458. The van der Waals surface area contributed by atoms with Gasteiger partial charge >= 0.3 is 0 Å². The zero-order chi connectivity index (χ0) is 12.1. The number of benzene rings is 1. The maximum absolute atomic E-state index is 5.72. The molecular formula is C14H16N2O. The molecule has 0 unspecified atom stereocenters. The predicted octanol–water partition coefficient (Wildman–Crippen LogP) is 2.43. The van der Waals surface area contributed by atoms with E-state index in [0.29, 0.717) is 13.2 Å². The van der Waals surface area contributed by atoms with Crippen molar-refractivity contribution in [2.45, 2.75) is 20.1 Å². The SMILES string of the molecule is Cc1nc(CN)ccc1OCc1ccccc1. The van der Waals surface area contributed by atoms with Crippen LogP contribution in [-0.4, -0.2) is 4.98 Å². The van der Waals surface area contributed by atoms with Crippen molar-refractivity contribution >= 4 is 0 Å². The van der Waals surface area contributed by atoms with Crippen LogP contribution in [0.1, 0.15) is 17.0 Å². The molecule has 88 valence electrons. The molecule has 17 heavy (non-hydrogen) atoms. The molecule has 3 nitrogen and oxygen atoms in total. The number of nitrogens with two attached hydrogens (primary N) is 1. The molecule has 1 heterocycles. The lowest BCUT2D eigenvalue weighted by molar-refractivity contribution is 0.302. The quantitative estimate of drug-likeness (QED) is 0.874. The third-order valence-corrected chi connectivity index (χ3v) is 2.54. The fourth-order valence-corrected chi connectivity index (χ4v) is 1.60. The van der Waals surface area contributed by atoms with E-state index in [-0.39, 0.29) is 0 Å². The summed E-state index contributed by atoms with van der Waals surface area (Å²) in [7, 11) is 0. The maximum atomic E-state index is 5.72. The highest BCUT2D eigenvalue weighted by Crippen LogP contribution is 2.17. The second kappa shape index (κ2) is 5.46. The largest absolute Gasteiger partial charge is 0.487 e. The monoisotopic (exact) mass is 228 g/mol. The van der Waals surface area contributed by atoms with Crippen LogP contribution in [0, 0.1) is 6.92 Å². The summed E-state index contributed by atoms with van der Waals surface area (Å²) < 4.78 is 5.72. The van der Waals surface area contributed by atoms with Crippen LogP contribution in [0.3, 0.4) is 0 Å². The van der Waals surface area contributed by atoms with Crippen LogP contribution in [0.4, 0.5) is 0 Å². The second-order valence-corrected chi connectivity index (χ2v) is 3.86. The molecule has 0 radical (unpaired) electrons. The summed E-state index contributed by atoms with van der Waals surface area (Å²) in [6.45, 7) is 2.95. The van der Waals surface area contributed by atoms with Gasteiger partial charge in [0.2, 0.25) is 0 Å². The van der Waals surface area contributed by atoms with Gasteiger partial charge in [0.15, 0.2) is 0 Å². The highest BCUT2D eigenvalue weighted by atomic mass is 16.5. The van der Waals surface area contributed by atoms with Crippen LogP contribution < -0.4 is 10.5 Å². The minimum Gasteiger partial charge on any atom is -0.487 e. The van der Waals surface area contributed by atoms with Crippen molar-refractivity contribution < 1.29 is 4.74 Å². The Morgan fingerprint density at radius 1 is 1.12 bits per heavy atom. The van der Waals surface area contributed by atoms with Gasteiger partial charge in [-0.2, -0.15) is 0 Å². The molecule has 2 aromatic rings. The lowest BCUT2D eigenvalue weighted by Gasteiger charge is -2.09. The van der Waals surface area contributed by atoms with Crippen LogP contribution in [-0.2, 0) is 13.2 Å². The summed E-state index contributed by atoms with van der Waals surface area (Å²) in [5.74, 6) is 0.811. The fourth-order valence-electron chi connectivity index (χ4n) is 1.60. The van der Waals surface area contributed by atoms with Crippen molar-refractivity contribution in [1.82, 2.24) is 4.98 Å². The molecule has 0 spiro atoms. The first-order valence-electron chi connectivity index (χ1n) is 5.63. The number of rotatable bonds is 4. The summed E-state index contributed by atoms with van der Waals surface area (Å²) in [5, 5.41) is 0. The van der Waals surface area contributed by atoms with E-state index < -0.39 is 0 Å². The Labute approximate surface area is 101 Å². The topological polar surface area (TPSA) is 48.1 Å². The normalized spacial score (nSPS) is 10.2. The summed E-state index contributed by atoms with van der Waals surface area (Å²) in [6, 6.07) is 13.9. The van der Waals surface area contributed by atoms with E-state index >= 15 is 0 Å². The molecule has 0 saturated carbocycles. The first-order valence-corrected chi connectivity index (χ1v) is 5.63. The van der Waals surface area contributed by atoms with Crippen molar-refractivity contribution in [1.29, 1.82) is 0 Å². The Kier molecular flexibility index (Phi) is 3.73. The van der Waals surface area contributed by atoms with Crippen molar-refractivity contribution in [2.24, 2.45) is 5.73 Å². The van der Waals surface area contributed by atoms with Gasteiger partial charge in [0.05, 0.1) is 11.4 Å². The number of pyridine rings is 1. The van der Waals surface area contributed by atoms with Crippen molar-refractivity contribution in [3.05, 3.63) is 59.4 Å². The molecule has 3 heteroatoms. The number of aromatic nitrogens is 1. The second-order valence-electron chi connectivity index (χ2n) is 3.86. The van der Waals surface area contributed by atoms with Gasteiger partial charge in [-0.05, 0) is 24.6 Å². The van der Waals surface area contributed by atoms with Crippen molar-refractivity contribution in [3.8, 4) is 5.75 Å². The molecule has 0 aliphatic carbocycles. The lowest BCUT2D eigenvalue weighted by atomic mass is 10.2. The molecule has 0 aliphatic heterocycles. The van der Waals surface area contributed by atoms with Crippen LogP contribution in [0.25, 0.3) is 0 Å². The van der Waals surface area contributed by atoms with Gasteiger partial charge < -0.3 is 10.5 Å². The summed E-state index contributed by atoms with van der Waals surface area (Å²) in [4.78, 5) is 4.35. The maximum Gasteiger partial charge on any atom is 0.141 e. The molecule has 2 rings (SSSR count). The molecule has 0 atom stereocenters. The first kappa shape index (κ1) is 11.6. The number of hydrogen-bond acceptors (Lipinski definition) is 3. The van der Waals surface area contributed by atoms with E-state index in [0.717, 1.165) is 22.7 Å². The number of aryl methyl sites for hydroxylation is 1. The summed E-state index contributed by atoms with van der Waals surface area (Å²) in [5.41, 5.74) is 8.44. The van der Waals surface area contributed by atoms with Gasteiger partial charge in [0.1, 0.15) is 12.4 Å². The number of nitrogens with zero attached hydrogens (tertiary/aromatic N) is 1. The van der Waals surface area contributed by atoms with Crippen molar-refractivity contribution in [3.63, 3.8) is 0 Å². The molecule has 0 fully saturated rings. The molecule has 0 bridgehead atoms. The molecule has 1 aromatic heterocycles. The Bertz CT molecular complexity index is 483. The van der Waals surface area contributed by atoms with Gasteiger partial charge in [-0.25, -0.2) is 0 Å². The third kappa shape index (κ3) is 3.04. The average Bonchev–Trinajstić information content (AvgIpc) is 2.38. The summed E-state index contributed by atoms with van der Waals surface area (Å²) in [6.07, 6.45) is 0. The van der Waals surface area contributed by atoms with Crippen molar-refractivity contribution in [2.75, 3.05) is 0 Å². The predicted molar refractivity (Wildman–Crippen MR) is 67.6 cm³/mol. The van der Waals surface area contributed by atoms with Gasteiger partial charge in [-0.15, -0.1) is 0 Å². The van der Waals surface area contributed by atoms with Gasteiger partial charge in [-0.1, -0.05) is 30.3 Å². The summed E-state index contributed by atoms with van der Waals surface area (Å²) >= 11 is 0. The van der Waals surface area contributed by atoms with Gasteiger partial charge in [0.25, 0.3) is 0 Å². The van der Waals surface area contributed by atoms with Crippen LogP contribution >= 0.6 is 0 Å². The Hall–Kier alpha value is -1.87. The molecule has 0 amide bonds. The molecule has 1 aromatic carbocycles. The Morgan fingerprint density at radius 3 is 2.53 bits per heavy atom. The highest BCUT2D eigenvalue weighted by Gasteiger charge is 2.02. The number of hydrogen-bond donors (Lipinski definition) is 1. The van der Waals surface area contributed by atoms with E-state index in [1.54, 1.807) is 0 Å². The number of ether oxygens (including phenoxy) is 1. The van der Waals surface area contributed by atoms with Crippen LogP contribution in [0.2, 0.25) is 0 Å². The molecule has 0 saturated heterocycles. The van der Waals surface area contributed by atoms with E-state index in [4.69, 9.17) is 10.5 Å². The highest BCUT2D eigenvalue weighted by molar-refractivity contribution is 5.28. The average molecular weight is 228 g/mol. The first-order chi connectivity index (χ1) is 8.29. The molecular weight excluding hydrogens is 212 g/mol. The zero-order valence-corrected chi connectivity index (χ0v) is 9.89. The van der Waals surface area contributed by atoms with E-state index in [9.17, 15) is 0 Å². The molecule has 0 aliphatic rings. The lowest BCUT2D eigenvalue weighted by Crippen LogP contribution is -2.03. The van der Waals surface area contributed by atoms with E-state index in [1.807, 2.05) is 49.4 Å². The molecule has 2 N–H and O–H groups in total. The standard InChI is InChI=1S/C14H16N2O/c1-11-14(8-7-13(9-15)16-11)17-10-12-5-3-2-4-6-12/h2-8H,9-10,15H2,1H3. The van der Waals surface area contributed by atoms with Gasteiger partial charge in [-0.3, -0.25) is 4.98 Å². The zero-order valence-electron chi connectivity index (χ0n) is 9.89. The Morgan fingerprint density at radius 2 is 1.88 bits per heavy atom. The van der Waals surface area contributed by atoms with E-state index in [2.05, 4.69) is 4.98 Å². The third-order valence-electron chi connectivity index (χ3n) is 2.54. The van der Waals surface area contributed by atoms with Crippen LogP contribution in [0.5, 0.6) is 5.75 Å². The Balaban J connectivity index is 2.04. The smallest absolute Gasteiger partial charge is 0.141 e. The minimum absolute atomic E-state index is 0.458. The van der Waals surface area contributed by atoms with E-state index in [1.165, 1.54) is 0 Å². The van der Waals surface area contributed by atoms with Gasteiger partial charge in [0, 0.05) is 6.54 Å². The van der Waals surface area contributed by atoms with Crippen LogP contribution in [0.15, 0.2) is 42.5 Å².